The van der Waals surface area contributed by atoms with Crippen molar-refractivity contribution in [3.05, 3.63) is 30.1 Å². The van der Waals surface area contributed by atoms with Gasteiger partial charge in [0.2, 0.25) is 5.91 Å². The van der Waals surface area contributed by atoms with Crippen LogP contribution in [0.3, 0.4) is 0 Å². The predicted octanol–water partition coefficient (Wildman–Crippen LogP) is 0.947. The maximum atomic E-state index is 13.7. The number of carbonyl (C=O) groups is 2. The van der Waals surface area contributed by atoms with Crippen LogP contribution < -0.4 is 4.90 Å². The molecule has 0 saturated carbocycles. The monoisotopic (exact) mass is 266 g/mol. The molecule has 1 atom stereocenters. The molecule has 0 aliphatic carbocycles. The van der Waals surface area contributed by atoms with Crippen molar-refractivity contribution in [2.75, 3.05) is 25.0 Å². The fourth-order valence-electron chi connectivity index (χ4n) is 2.21. The van der Waals surface area contributed by atoms with Crippen LogP contribution in [-0.4, -0.2) is 48.1 Å². The zero-order chi connectivity index (χ0) is 14.0. The number of rotatable bonds is 3. The van der Waals surface area contributed by atoms with E-state index in [0.29, 0.717) is 0 Å². The number of hydrogen-bond acceptors (Lipinski definition) is 3. The van der Waals surface area contributed by atoms with E-state index in [4.69, 9.17) is 5.11 Å². The quantitative estimate of drug-likeness (QED) is 0.884. The molecule has 1 aromatic rings. The Morgan fingerprint density at radius 3 is 2.79 bits per heavy atom. The molecule has 0 bridgehead atoms. The topological polar surface area (TPSA) is 60.9 Å². The van der Waals surface area contributed by atoms with Crippen molar-refractivity contribution in [2.24, 2.45) is 0 Å². The summed E-state index contributed by atoms with van der Waals surface area (Å²) in [6.07, 6.45) is -0.0747. The largest absolute Gasteiger partial charge is 0.481 e. The molecule has 2 rings (SSSR count). The summed E-state index contributed by atoms with van der Waals surface area (Å²) in [5, 5.41) is 8.86. The van der Waals surface area contributed by atoms with E-state index in [2.05, 4.69) is 0 Å². The summed E-state index contributed by atoms with van der Waals surface area (Å²) in [6.45, 7) is 0.273. The van der Waals surface area contributed by atoms with Gasteiger partial charge in [-0.3, -0.25) is 14.5 Å². The summed E-state index contributed by atoms with van der Waals surface area (Å²) in [5.41, 5.74) is 0.205. The third-order valence-corrected chi connectivity index (χ3v) is 3.26. The number of likely N-dealkylation sites (N-methyl/N-ethyl adjacent to an activating group) is 1. The maximum absolute atomic E-state index is 13.7. The molecule has 1 amide bonds. The number of carboxylic acid groups (broad SMARTS) is 1. The number of amides is 1. The van der Waals surface area contributed by atoms with Gasteiger partial charge >= 0.3 is 5.97 Å². The second-order valence-electron chi connectivity index (χ2n) is 4.62. The molecule has 0 radical (unpaired) electrons. The molecule has 6 heteroatoms. The first-order valence-corrected chi connectivity index (χ1v) is 5.96. The molecule has 1 heterocycles. The lowest BCUT2D eigenvalue weighted by atomic mass is 10.1. The van der Waals surface area contributed by atoms with Gasteiger partial charge in [-0.25, -0.2) is 4.39 Å². The number of carbonyl (C=O) groups excluding carboxylic acids is 1. The Hall–Kier alpha value is -1.95. The Balaban J connectivity index is 2.23. The lowest BCUT2D eigenvalue weighted by molar-refractivity contribution is -0.139. The van der Waals surface area contributed by atoms with E-state index in [0.717, 1.165) is 0 Å². The third kappa shape index (κ3) is 2.90. The Morgan fingerprint density at radius 2 is 2.16 bits per heavy atom. The number of halogens is 1. The van der Waals surface area contributed by atoms with Crippen LogP contribution in [0, 0.1) is 5.82 Å². The minimum atomic E-state index is -0.931. The normalized spacial score (nSPS) is 20.6. The fourth-order valence-corrected chi connectivity index (χ4v) is 2.21. The number of anilines is 1. The molecule has 1 fully saturated rings. The lowest BCUT2D eigenvalue weighted by Crippen LogP contribution is -2.55. The number of hydrogen-bond donors (Lipinski definition) is 1. The average molecular weight is 266 g/mol. The van der Waals surface area contributed by atoms with Crippen molar-refractivity contribution >= 4 is 17.6 Å². The maximum Gasteiger partial charge on any atom is 0.305 e. The molecule has 0 aromatic heterocycles. The summed E-state index contributed by atoms with van der Waals surface area (Å²) in [7, 11) is 1.70. The molecular weight excluding hydrogens is 251 g/mol. The Morgan fingerprint density at radius 1 is 1.47 bits per heavy atom. The van der Waals surface area contributed by atoms with Gasteiger partial charge in [0, 0.05) is 12.6 Å². The van der Waals surface area contributed by atoms with Crippen LogP contribution in [-0.2, 0) is 9.59 Å². The van der Waals surface area contributed by atoms with Gasteiger partial charge in [-0.05, 0) is 19.2 Å². The Bertz CT molecular complexity index is 506. The molecule has 1 N–H and O–H groups in total. The van der Waals surface area contributed by atoms with Gasteiger partial charge in [-0.15, -0.1) is 0 Å². The van der Waals surface area contributed by atoms with E-state index in [1.54, 1.807) is 24.1 Å². The summed E-state index contributed by atoms with van der Waals surface area (Å²) in [6, 6.07) is 5.70. The number of benzene rings is 1. The standard InChI is InChI=1S/C13H15FN2O3/c1-15-8-12(17)16(7-9(15)6-13(18)19)11-5-3-2-4-10(11)14/h2-5,9H,6-8H2,1H3,(H,18,19). The SMILES string of the molecule is CN1CC(=O)N(c2ccccc2F)CC1CC(=O)O. The minimum absolute atomic E-state index is 0.0747. The third-order valence-electron chi connectivity index (χ3n) is 3.26. The van der Waals surface area contributed by atoms with Crippen LogP contribution in [0.25, 0.3) is 0 Å². The highest BCUT2D eigenvalue weighted by molar-refractivity contribution is 5.96. The van der Waals surface area contributed by atoms with Crippen molar-refractivity contribution in [1.29, 1.82) is 0 Å². The summed E-state index contributed by atoms with van der Waals surface area (Å²) in [4.78, 5) is 25.8. The van der Waals surface area contributed by atoms with E-state index in [1.165, 1.54) is 17.0 Å². The predicted molar refractivity (Wildman–Crippen MR) is 67.4 cm³/mol. The first-order chi connectivity index (χ1) is 8.99. The zero-order valence-electron chi connectivity index (χ0n) is 10.5. The van der Waals surface area contributed by atoms with Crippen LogP contribution >= 0.6 is 0 Å². The minimum Gasteiger partial charge on any atom is -0.481 e. The van der Waals surface area contributed by atoms with E-state index in [1.807, 2.05) is 0 Å². The Kier molecular flexibility index (Phi) is 3.80. The molecule has 102 valence electrons. The highest BCUT2D eigenvalue weighted by atomic mass is 19.1. The van der Waals surface area contributed by atoms with Crippen LogP contribution in [0.1, 0.15) is 6.42 Å². The smallest absolute Gasteiger partial charge is 0.305 e. The lowest BCUT2D eigenvalue weighted by Gasteiger charge is -2.38. The van der Waals surface area contributed by atoms with Gasteiger partial charge in [0.1, 0.15) is 5.82 Å². The van der Waals surface area contributed by atoms with E-state index in [9.17, 15) is 14.0 Å². The molecule has 0 spiro atoms. The number of piperazine rings is 1. The molecule has 1 aliphatic rings. The van der Waals surface area contributed by atoms with Crippen molar-refractivity contribution in [1.82, 2.24) is 4.90 Å². The van der Waals surface area contributed by atoms with Gasteiger partial charge in [0.05, 0.1) is 18.7 Å². The van der Waals surface area contributed by atoms with Crippen molar-refractivity contribution < 1.29 is 19.1 Å². The molecule has 1 aliphatic heterocycles. The Labute approximate surface area is 110 Å². The number of carboxylic acids is 1. The van der Waals surface area contributed by atoms with Crippen LogP contribution in [0.15, 0.2) is 24.3 Å². The van der Waals surface area contributed by atoms with Crippen LogP contribution in [0.4, 0.5) is 10.1 Å². The zero-order valence-corrected chi connectivity index (χ0v) is 10.5. The van der Waals surface area contributed by atoms with E-state index >= 15 is 0 Å². The van der Waals surface area contributed by atoms with Gasteiger partial charge in [0.25, 0.3) is 0 Å². The summed E-state index contributed by atoms with van der Waals surface area (Å²) >= 11 is 0. The highest BCUT2D eigenvalue weighted by Crippen LogP contribution is 2.23. The summed E-state index contributed by atoms with van der Waals surface area (Å²) in [5.74, 6) is -1.64. The number of aliphatic carboxylic acids is 1. The van der Waals surface area contributed by atoms with Gasteiger partial charge in [-0.1, -0.05) is 12.1 Å². The molecule has 5 nitrogen and oxygen atoms in total. The van der Waals surface area contributed by atoms with Crippen molar-refractivity contribution in [2.45, 2.75) is 12.5 Å². The number of para-hydroxylation sites is 1. The van der Waals surface area contributed by atoms with Crippen molar-refractivity contribution in [3.63, 3.8) is 0 Å². The van der Waals surface area contributed by atoms with Crippen molar-refractivity contribution in [3.8, 4) is 0 Å². The average Bonchev–Trinajstić information content (AvgIpc) is 2.33. The molecule has 19 heavy (non-hydrogen) atoms. The molecule has 1 saturated heterocycles. The van der Waals surface area contributed by atoms with Crippen LogP contribution in [0.5, 0.6) is 0 Å². The van der Waals surface area contributed by atoms with E-state index < -0.39 is 11.8 Å². The first-order valence-electron chi connectivity index (χ1n) is 5.96. The number of nitrogens with zero attached hydrogens (tertiary/aromatic N) is 2. The first kappa shape index (κ1) is 13.5. The summed E-state index contributed by atoms with van der Waals surface area (Å²) < 4.78 is 13.7. The van der Waals surface area contributed by atoms with Gasteiger partial charge in [0.15, 0.2) is 0 Å². The van der Waals surface area contributed by atoms with E-state index in [-0.39, 0.29) is 37.1 Å². The van der Waals surface area contributed by atoms with Gasteiger partial charge < -0.3 is 10.0 Å². The second-order valence-corrected chi connectivity index (χ2v) is 4.62. The second kappa shape index (κ2) is 5.36. The van der Waals surface area contributed by atoms with Gasteiger partial charge in [-0.2, -0.15) is 0 Å². The highest BCUT2D eigenvalue weighted by Gasteiger charge is 2.32. The fraction of sp³-hybridized carbons (Fsp3) is 0.385. The van der Waals surface area contributed by atoms with Crippen LogP contribution in [0.2, 0.25) is 0 Å². The molecular formula is C13H15FN2O3. The molecule has 1 aromatic carbocycles. The molecule has 1 unspecified atom stereocenters.